The molecule has 3 rings (SSSR count). The van der Waals surface area contributed by atoms with Crippen LogP contribution >= 0.6 is 0 Å². The maximum Gasteiger partial charge on any atom is 0.417 e. The number of furan rings is 1. The van der Waals surface area contributed by atoms with Gasteiger partial charge in [0.05, 0.1) is 5.56 Å². The Morgan fingerprint density at radius 1 is 0.839 bits per heavy atom. The largest absolute Gasteiger partial charge is 0.456 e. The fraction of sp³-hybridized carbons (Fsp3) is 0.100. The average Bonchev–Trinajstić information content (AvgIpc) is 3.16. The molecule has 0 atom stereocenters. The van der Waals surface area contributed by atoms with Gasteiger partial charge < -0.3 is 26.5 Å². The Kier molecular flexibility index (Phi) is 5.86. The quantitative estimate of drug-likeness (QED) is 0.196. The summed E-state index contributed by atoms with van der Waals surface area (Å²) < 4.78 is 60.0. The van der Waals surface area contributed by atoms with Gasteiger partial charge in [0.2, 0.25) is 0 Å². The summed E-state index contributed by atoms with van der Waals surface area (Å²) in [4.78, 5) is 0. The van der Waals surface area contributed by atoms with Gasteiger partial charge in [-0.05, 0) is 54.1 Å². The van der Waals surface area contributed by atoms with Crippen LogP contribution in [0.1, 0.15) is 11.1 Å². The van der Waals surface area contributed by atoms with E-state index in [9.17, 15) is 17.6 Å². The Bertz CT molecular complexity index is 1140. The van der Waals surface area contributed by atoms with Crippen LogP contribution in [0.25, 0.3) is 22.6 Å². The molecule has 2 aromatic carbocycles. The van der Waals surface area contributed by atoms with Crippen molar-refractivity contribution in [3.63, 3.8) is 0 Å². The molecule has 0 aliphatic rings. The molecular formula is C20H18F4N6O. The summed E-state index contributed by atoms with van der Waals surface area (Å²) in [5, 5.41) is 19.3. The molecule has 8 N–H and O–H groups in total. The Hall–Kier alpha value is -4.02. The number of alkyl halides is 4. The van der Waals surface area contributed by atoms with E-state index < -0.39 is 24.4 Å². The van der Waals surface area contributed by atoms with Crippen LogP contribution in [0.2, 0.25) is 0 Å². The van der Waals surface area contributed by atoms with Crippen molar-refractivity contribution < 1.29 is 22.0 Å². The van der Waals surface area contributed by atoms with Gasteiger partial charge in [0, 0.05) is 22.5 Å². The van der Waals surface area contributed by atoms with E-state index in [0.717, 1.165) is 6.07 Å². The fourth-order valence-electron chi connectivity index (χ4n) is 3.03. The zero-order valence-corrected chi connectivity index (χ0v) is 15.9. The van der Waals surface area contributed by atoms with Crippen LogP contribution < -0.4 is 22.1 Å². The third-order valence-electron chi connectivity index (χ3n) is 4.27. The van der Waals surface area contributed by atoms with Crippen molar-refractivity contribution in [2.45, 2.75) is 12.9 Å². The van der Waals surface area contributed by atoms with Gasteiger partial charge in [-0.1, -0.05) is 0 Å². The van der Waals surface area contributed by atoms with E-state index in [4.69, 9.17) is 26.7 Å². The van der Waals surface area contributed by atoms with E-state index in [1.54, 1.807) is 6.07 Å². The monoisotopic (exact) mass is 434 g/mol. The number of benzene rings is 2. The lowest BCUT2D eigenvalue weighted by Gasteiger charge is -2.14. The first-order chi connectivity index (χ1) is 14.6. The molecule has 0 aliphatic carbocycles. The number of halogens is 4. The van der Waals surface area contributed by atoms with Gasteiger partial charge in [0.1, 0.15) is 18.2 Å². The fourth-order valence-corrected chi connectivity index (χ4v) is 3.03. The van der Waals surface area contributed by atoms with Crippen molar-refractivity contribution in [1.82, 2.24) is 0 Å². The zero-order valence-electron chi connectivity index (χ0n) is 15.9. The number of guanidine groups is 2. The smallest absolute Gasteiger partial charge is 0.417 e. The Balaban J connectivity index is 2.02. The van der Waals surface area contributed by atoms with Gasteiger partial charge in [-0.25, -0.2) is 4.39 Å². The third kappa shape index (κ3) is 4.94. The lowest BCUT2D eigenvalue weighted by molar-refractivity contribution is -0.137. The minimum Gasteiger partial charge on any atom is -0.456 e. The molecule has 3 aromatic rings. The molecule has 0 fully saturated rings. The summed E-state index contributed by atoms with van der Waals surface area (Å²) in [5.41, 5.74) is 10.2. The Morgan fingerprint density at radius 3 is 1.87 bits per heavy atom. The maximum atomic E-state index is 13.6. The van der Waals surface area contributed by atoms with Crippen molar-refractivity contribution in [2.75, 3.05) is 10.6 Å². The highest BCUT2D eigenvalue weighted by molar-refractivity contribution is 5.91. The standard InChI is InChI=1S/C20H18F4N6O/c21-9-10-7-11(29-18(25)26)1-3-13(10)16-5-6-17(31-16)14-4-2-12(30-19(27)28)8-15(14)20(22,23)24/h1-8H,9H2,(H4,25,26,29)(H4,27,28,30). The number of nitrogens with two attached hydrogens (primary N) is 2. The second-order valence-electron chi connectivity index (χ2n) is 6.50. The predicted octanol–water partition coefficient (Wildman–Crippen LogP) is 4.71. The maximum absolute atomic E-state index is 13.6. The summed E-state index contributed by atoms with van der Waals surface area (Å²) in [6, 6.07) is 10.7. The van der Waals surface area contributed by atoms with Crippen molar-refractivity contribution >= 4 is 23.3 Å². The summed E-state index contributed by atoms with van der Waals surface area (Å²) in [6.07, 6.45) is -4.69. The minimum atomic E-state index is -4.69. The van der Waals surface area contributed by atoms with E-state index in [0.29, 0.717) is 11.3 Å². The van der Waals surface area contributed by atoms with E-state index in [1.165, 1.54) is 36.4 Å². The molecule has 0 saturated carbocycles. The first-order valence-electron chi connectivity index (χ1n) is 8.81. The topological polar surface area (TPSA) is 137 Å². The molecule has 31 heavy (non-hydrogen) atoms. The molecule has 0 amide bonds. The SMILES string of the molecule is N=C(N)Nc1ccc(-c2ccc(-c3ccc(NC(=N)N)cc3C(F)(F)F)o2)c(CF)c1. The highest BCUT2D eigenvalue weighted by Gasteiger charge is 2.35. The van der Waals surface area contributed by atoms with Crippen LogP contribution in [0.3, 0.4) is 0 Å². The van der Waals surface area contributed by atoms with Gasteiger partial charge in [0.15, 0.2) is 11.9 Å². The molecule has 0 saturated heterocycles. The van der Waals surface area contributed by atoms with Gasteiger partial charge in [0.25, 0.3) is 0 Å². The molecule has 0 radical (unpaired) electrons. The van der Waals surface area contributed by atoms with Crippen LogP contribution in [-0.2, 0) is 12.9 Å². The van der Waals surface area contributed by atoms with Gasteiger partial charge in [-0.3, -0.25) is 10.8 Å². The van der Waals surface area contributed by atoms with Gasteiger partial charge in [-0.15, -0.1) is 0 Å². The van der Waals surface area contributed by atoms with Gasteiger partial charge in [-0.2, -0.15) is 13.2 Å². The van der Waals surface area contributed by atoms with Crippen LogP contribution in [0.15, 0.2) is 52.9 Å². The number of hydrogen-bond acceptors (Lipinski definition) is 3. The summed E-state index contributed by atoms with van der Waals surface area (Å²) >= 11 is 0. The highest BCUT2D eigenvalue weighted by atomic mass is 19.4. The normalized spacial score (nSPS) is 11.2. The minimum absolute atomic E-state index is 0.00336. The zero-order chi connectivity index (χ0) is 22.8. The first-order valence-corrected chi connectivity index (χ1v) is 8.81. The molecule has 11 heteroatoms. The predicted molar refractivity (Wildman–Crippen MR) is 110 cm³/mol. The first kappa shape index (κ1) is 21.7. The molecule has 1 aromatic heterocycles. The summed E-state index contributed by atoms with van der Waals surface area (Å²) in [5.74, 6) is -0.702. The molecular weight excluding hydrogens is 416 g/mol. The second kappa shape index (κ2) is 8.38. The highest BCUT2D eigenvalue weighted by Crippen LogP contribution is 2.40. The number of nitrogens with one attached hydrogen (secondary N) is 4. The molecule has 162 valence electrons. The van der Waals surface area contributed by atoms with E-state index in [2.05, 4.69) is 10.6 Å². The molecule has 7 nitrogen and oxygen atoms in total. The molecule has 1 heterocycles. The van der Waals surface area contributed by atoms with Crippen LogP contribution in [0.5, 0.6) is 0 Å². The van der Waals surface area contributed by atoms with Crippen molar-refractivity contribution in [3.05, 3.63) is 59.7 Å². The van der Waals surface area contributed by atoms with E-state index in [1.807, 2.05) is 0 Å². The number of rotatable bonds is 5. The summed E-state index contributed by atoms with van der Waals surface area (Å²) in [7, 11) is 0. The van der Waals surface area contributed by atoms with Crippen molar-refractivity contribution in [3.8, 4) is 22.6 Å². The van der Waals surface area contributed by atoms with Crippen LogP contribution in [0.4, 0.5) is 28.9 Å². The van der Waals surface area contributed by atoms with Crippen molar-refractivity contribution in [2.24, 2.45) is 11.5 Å². The number of anilines is 2. The van der Waals surface area contributed by atoms with Crippen LogP contribution in [-0.4, -0.2) is 11.9 Å². The van der Waals surface area contributed by atoms with Crippen molar-refractivity contribution in [1.29, 1.82) is 10.8 Å². The lowest BCUT2D eigenvalue weighted by atomic mass is 10.0. The van der Waals surface area contributed by atoms with E-state index >= 15 is 0 Å². The van der Waals surface area contributed by atoms with E-state index in [-0.39, 0.29) is 34.3 Å². The molecule has 0 spiro atoms. The molecule has 0 unspecified atom stereocenters. The average molecular weight is 434 g/mol. The molecule has 0 aliphatic heterocycles. The summed E-state index contributed by atoms with van der Waals surface area (Å²) in [6.45, 7) is -0.863. The molecule has 0 bridgehead atoms. The Labute approximate surface area is 174 Å². The Morgan fingerprint density at radius 2 is 1.35 bits per heavy atom. The lowest BCUT2D eigenvalue weighted by Crippen LogP contribution is -2.21. The van der Waals surface area contributed by atoms with Crippen LogP contribution in [0, 0.1) is 10.8 Å². The third-order valence-corrected chi connectivity index (χ3v) is 4.27. The van der Waals surface area contributed by atoms with Gasteiger partial charge >= 0.3 is 6.18 Å². The number of hydrogen-bond donors (Lipinski definition) is 6. The second-order valence-corrected chi connectivity index (χ2v) is 6.50.